The number of benzene rings is 3. The van der Waals surface area contributed by atoms with Gasteiger partial charge in [-0.05, 0) is 66.2 Å². The van der Waals surface area contributed by atoms with Gasteiger partial charge in [-0.1, -0.05) is 23.7 Å². The first-order chi connectivity index (χ1) is 15.0. The zero-order valence-corrected chi connectivity index (χ0v) is 17.3. The second-order valence-corrected chi connectivity index (χ2v) is 7.13. The van der Waals surface area contributed by atoms with Gasteiger partial charge in [-0.15, -0.1) is 5.10 Å². The minimum atomic E-state index is -0.350. The van der Waals surface area contributed by atoms with Crippen LogP contribution in [0.25, 0.3) is 11.4 Å². The molecule has 3 aromatic carbocycles. The van der Waals surface area contributed by atoms with Crippen molar-refractivity contribution in [1.29, 1.82) is 0 Å². The third-order valence-electron chi connectivity index (χ3n) is 4.60. The molecule has 156 valence electrons. The smallest absolute Gasteiger partial charge is 0.281 e. The molecule has 0 aliphatic rings. The zero-order chi connectivity index (χ0) is 21.8. The fourth-order valence-corrected chi connectivity index (χ4v) is 3.05. The molecule has 0 atom stereocenters. The average Bonchev–Trinajstić information content (AvgIpc) is 3.23. The number of rotatable bonds is 6. The summed E-state index contributed by atoms with van der Waals surface area (Å²) in [5, 5.41) is 8.12. The van der Waals surface area contributed by atoms with Gasteiger partial charge in [0.15, 0.2) is 5.82 Å². The topological polar surface area (TPSA) is 69.0 Å². The summed E-state index contributed by atoms with van der Waals surface area (Å²) in [4.78, 5) is 17.6. The van der Waals surface area contributed by atoms with Crippen molar-refractivity contribution in [3.05, 3.63) is 94.8 Å². The standard InChI is InChI=1S/C23H18ClFN4O2/c1-31-20-12-6-17(7-13-20)22(30)29-23(26-14-15-2-10-19(25)11-3-15)27-21(28-29)16-4-8-18(24)9-5-16/h2-13H,14H2,1H3,(H,26,27,28). The molecule has 0 saturated heterocycles. The van der Waals surface area contributed by atoms with Gasteiger partial charge in [0.2, 0.25) is 5.95 Å². The Bertz CT molecular complexity index is 1190. The Labute approximate surface area is 183 Å². The van der Waals surface area contributed by atoms with E-state index in [-0.39, 0.29) is 17.7 Å². The van der Waals surface area contributed by atoms with Crippen molar-refractivity contribution in [3.63, 3.8) is 0 Å². The molecule has 0 radical (unpaired) electrons. The van der Waals surface area contributed by atoms with E-state index in [1.54, 1.807) is 67.8 Å². The van der Waals surface area contributed by atoms with E-state index >= 15 is 0 Å². The van der Waals surface area contributed by atoms with Crippen molar-refractivity contribution in [1.82, 2.24) is 14.8 Å². The van der Waals surface area contributed by atoms with E-state index in [4.69, 9.17) is 16.3 Å². The first kappa shape index (κ1) is 20.6. The maximum absolute atomic E-state index is 13.2. The number of halogens is 2. The van der Waals surface area contributed by atoms with Crippen molar-refractivity contribution in [2.24, 2.45) is 0 Å². The van der Waals surface area contributed by atoms with Crippen LogP contribution in [0, 0.1) is 5.82 Å². The molecule has 4 aromatic rings. The van der Waals surface area contributed by atoms with Gasteiger partial charge in [0.05, 0.1) is 7.11 Å². The van der Waals surface area contributed by atoms with Crippen LogP contribution in [-0.2, 0) is 6.54 Å². The van der Waals surface area contributed by atoms with E-state index in [2.05, 4.69) is 15.4 Å². The molecule has 4 rings (SSSR count). The lowest BCUT2D eigenvalue weighted by Gasteiger charge is -2.08. The average molecular weight is 437 g/mol. The minimum absolute atomic E-state index is 0.273. The Morgan fingerprint density at radius 2 is 1.71 bits per heavy atom. The molecular weight excluding hydrogens is 419 g/mol. The molecule has 0 bridgehead atoms. The maximum atomic E-state index is 13.2. The summed E-state index contributed by atoms with van der Waals surface area (Å²) in [6.07, 6.45) is 0. The Morgan fingerprint density at radius 3 is 2.35 bits per heavy atom. The first-order valence-corrected chi connectivity index (χ1v) is 9.81. The van der Waals surface area contributed by atoms with E-state index < -0.39 is 0 Å². The molecule has 8 heteroatoms. The predicted octanol–water partition coefficient (Wildman–Crippen LogP) is 5.05. The fraction of sp³-hybridized carbons (Fsp3) is 0.0870. The number of methoxy groups -OCH3 is 1. The van der Waals surface area contributed by atoms with Crippen LogP contribution in [0.5, 0.6) is 5.75 Å². The highest BCUT2D eigenvalue weighted by molar-refractivity contribution is 6.30. The lowest BCUT2D eigenvalue weighted by molar-refractivity contribution is 0.0947. The van der Waals surface area contributed by atoms with Crippen LogP contribution < -0.4 is 10.1 Å². The summed E-state index contributed by atoms with van der Waals surface area (Å²) in [5.74, 6) is 0.630. The number of ether oxygens (including phenoxy) is 1. The third kappa shape index (κ3) is 4.73. The molecule has 0 amide bonds. The molecule has 6 nitrogen and oxygen atoms in total. The number of aromatic nitrogens is 3. The maximum Gasteiger partial charge on any atom is 0.281 e. The number of hydrogen-bond donors (Lipinski definition) is 1. The van der Waals surface area contributed by atoms with Crippen LogP contribution >= 0.6 is 11.6 Å². The van der Waals surface area contributed by atoms with Gasteiger partial charge in [-0.25, -0.2) is 4.39 Å². The lowest BCUT2D eigenvalue weighted by Crippen LogP contribution is -2.17. The summed E-state index contributed by atoms with van der Waals surface area (Å²) in [5.41, 5.74) is 1.98. The summed E-state index contributed by atoms with van der Waals surface area (Å²) < 4.78 is 19.5. The van der Waals surface area contributed by atoms with Gasteiger partial charge >= 0.3 is 0 Å². The summed E-state index contributed by atoms with van der Waals surface area (Å²) in [6, 6.07) is 19.8. The van der Waals surface area contributed by atoms with Gasteiger partial charge in [0.1, 0.15) is 11.6 Å². The lowest BCUT2D eigenvalue weighted by atomic mass is 10.2. The van der Waals surface area contributed by atoms with Crippen LogP contribution in [0.4, 0.5) is 10.3 Å². The fourth-order valence-electron chi connectivity index (χ4n) is 2.93. The molecule has 1 N–H and O–H groups in total. The molecule has 0 unspecified atom stereocenters. The van der Waals surface area contributed by atoms with Crippen LogP contribution in [0.3, 0.4) is 0 Å². The Kier molecular flexibility index (Phi) is 5.95. The molecule has 0 fully saturated rings. The molecule has 0 spiro atoms. The van der Waals surface area contributed by atoms with Crippen molar-refractivity contribution in [2.45, 2.75) is 6.54 Å². The van der Waals surface area contributed by atoms with E-state index in [0.29, 0.717) is 28.7 Å². The van der Waals surface area contributed by atoms with E-state index in [0.717, 1.165) is 11.1 Å². The molecule has 0 aliphatic carbocycles. The van der Waals surface area contributed by atoms with Crippen molar-refractivity contribution in [3.8, 4) is 17.1 Å². The summed E-state index contributed by atoms with van der Waals surface area (Å²) >= 11 is 5.97. The number of carbonyl (C=O) groups is 1. The Morgan fingerprint density at radius 1 is 1.03 bits per heavy atom. The Hall–Kier alpha value is -3.71. The highest BCUT2D eigenvalue weighted by atomic mass is 35.5. The van der Waals surface area contributed by atoms with Crippen LogP contribution in [0.2, 0.25) is 5.02 Å². The van der Waals surface area contributed by atoms with Gasteiger partial charge in [-0.3, -0.25) is 4.79 Å². The van der Waals surface area contributed by atoms with Gasteiger partial charge in [0.25, 0.3) is 5.91 Å². The number of anilines is 1. The highest BCUT2D eigenvalue weighted by Gasteiger charge is 2.19. The quantitative estimate of drug-likeness (QED) is 0.458. The van der Waals surface area contributed by atoms with E-state index in [1.165, 1.54) is 16.8 Å². The SMILES string of the molecule is COc1ccc(C(=O)n2nc(-c3ccc(Cl)cc3)nc2NCc2ccc(F)cc2)cc1. The Balaban J connectivity index is 1.67. The van der Waals surface area contributed by atoms with Crippen molar-refractivity contribution >= 4 is 23.5 Å². The normalized spacial score (nSPS) is 10.7. The summed E-state index contributed by atoms with van der Waals surface area (Å²) in [6.45, 7) is 0.342. The van der Waals surface area contributed by atoms with Crippen LogP contribution in [0.1, 0.15) is 15.9 Å². The summed E-state index contributed by atoms with van der Waals surface area (Å²) in [7, 11) is 1.56. The van der Waals surface area contributed by atoms with Gasteiger partial charge < -0.3 is 10.1 Å². The van der Waals surface area contributed by atoms with Crippen LogP contribution in [0.15, 0.2) is 72.8 Å². The second kappa shape index (κ2) is 8.97. The molecule has 0 aliphatic heterocycles. The van der Waals surface area contributed by atoms with Gasteiger partial charge in [-0.2, -0.15) is 9.67 Å². The third-order valence-corrected chi connectivity index (χ3v) is 4.85. The predicted molar refractivity (Wildman–Crippen MR) is 117 cm³/mol. The second-order valence-electron chi connectivity index (χ2n) is 6.69. The molecule has 0 saturated carbocycles. The molecule has 31 heavy (non-hydrogen) atoms. The molecule has 1 heterocycles. The molecule has 1 aromatic heterocycles. The van der Waals surface area contributed by atoms with E-state index in [9.17, 15) is 9.18 Å². The van der Waals surface area contributed by atoms with Crippen molar-refractivity contribution in [2.75, 3.05) is 12.4 Å². The van der Waals surface area contributed by atoms with Crippen LogP contribution in [-0.4, -0.2) is 27.8 Å². The number of nitrogens with zero attached hydrogens (tertiary/aromatic N) is 3. The first-order valence-electron chi connectivity index (χ1n) is 9.43. The zero-order valence-electron chi connectivity index (χ0n) is 16.5. The number of nitrogens with one attached hydrogen (secondary N) is 1. The van der Waals surface area contributed by atoms with Gasteiger partial charge in [0, 0.05) is 22.7 Å². The largest absolute Gasteiger partial charge is 0.497 e. The minimum Gasteiger partial charge on any atom is -0.497 e. The monoisotopic (exact) mass is 436 g/mol. The van der Waals surface area contributed by atoms with E-state index in [1.807, 2.05) is 0 Å². The van der Waals surface area contributed by atoms with Crippen molar-refractivity contribution < 1.29 is 13.9 Å². The number of carbonyl (C=O) groups excluding carboxylic acids is 1. The highest BCUT2D eigenvalue weighted by Crippen LogP contribution is 2.22. The number of hydrogen-bond acceptors (Lipinski definition) is 5. The molecular formula is C23H18ClFN4O2.